The van der Waals surface area contributed by atoms with Crippen LogP contribution in [0.3, 0.4) is 0 Å². The van der Waals surface area contributed by atoms with Gasteiger partial charge in [0.25, 0.3) is 0 Å². The molecule has 2 rings (SSSR count). The van der Waals surface area contributed by atoms with E-state index < -0.39 is 0 Å². The van der Waals surface area contributed by atoms with Crippen molar-refractivity contribution in [1.82, 2.24) is 0 Å². The van der Waals surface area contributed by atoms with Gasteiger partial charge in [0, 0.05) is 25.0 Å². The number of ether oxygens (including phenoxy) is 2. The molecule has 2 aliphatic rings. The summed E-state index contributed by atoms with van der Waals surface area (Å²) >= 11 is 0. The highest BCUT2D eigenvalue weighted by Crippen LogP contribution is 2.29. The van der Waals surface area contributed by atoms with Crippen LogP contribution in [0.4, 0.5) is 0 Å². The van der Waals surface area contributed by atoms with E-state index in [-0.39, 0.29) is 11.2 Å². The number of hydrogen-bond acceptors (Lipinski definition) is 2. The third-order valence-corrected chi connectivity index (χ3v) is 5.05. The van der Waals surface area contributed by atoms with Gasteiger partial charge in [-0.2, -0.15) is 0 Å². The van der Waals surface area contributed by atoms with Crippen LogP contribution in [0, 0.1) is 11.8 Å². The van der Waals surface area contributed by atoms with E-state index in [2.05, 4.69) is 76.3 Å². The normalized spacial score (nSPS) is 36.9. The summed E-state index contributed by atoms with van der Waals surface area (Å²) < 4.78 is 12.2. The molecular formula is C20H30O2. The Balaban J connectivity index is 1.64. The van der Waals surface area contributed by atoms with Crippen LogP contribution in [-0.4, -0.2) is 24.4 Å². The molecule has 122 valence electrons. The highest BCUT2D eigenvalue weighted by Gasteiger charge is 2.30. The lowest BCUT2D eigenvalue weighted by Crippen LogP contribution is -2.35. The zero-order valence-corrected chi connectivity index (χ0v) is 14.4. The maximum atomic E-state index is 6.10. The van der Waals surface area contributed by atoms with Gasteiger partial charge in [0.05, 0.1) is 11.2 Å². The molecule has 0 spiro atoms. The molecule has 2 aliphatic carbocycles. The van der Waals surface area contributed by atoms with Gasteiger partial charge < -0.3 is 9.47 Å². The Kier molecular flexibility index (Phi) is 5.82. The van der Waals surface area contributed by atoms with Gasteiger partial charge in [-0.1, -0.05) is 62.5 Å². The summed E-state index contributed by atoms with van der Waals surface area (Å²) in [6, 6.07) is 0. The van der Waals surface area contributed by atoms with E-state index in [0.717, 1.165) is 26.1 Å². The van der Waals surface area contributed by atoms with Gasteiger partial charge in [0.15, 0.2) is 0 Å². The summed E-state index contributed by atoms with van der Waals surface area (Å²) in [5.41, 5.74) is -0.319. The summed E-state index contributed by atoms with van der Waals surface area (Å²) in [5.74, 6) is 0.848. The average molecular weight is 302 g/mol. The molecule has 0 aliphatic heterocycles. The molecule has 0 bridgehead atoms. The molecule has 0 radical (unpaired) electrons. The largest absolute Gasteiger partial charge is 0.371 e. The second-order valence-electron chi connectivity index (χ2n) is 6.84. The van der Waals surface area contributed by atoms with E-state index in [1.165, 1.54) is 0 Å². The minimum Gasteiger partial charge on any atom is -0.371 e. The molecule has 0 amide bonds. The Morgan fingerprint density at radius 3 is 1.50 bits per heavy atom. The molecule has 4 atom stereocenters. The molecule has 0 saturated heterocycles. The molecule has 0 aromatic carbocycles. The van der Waals surface area contributed by atoms with E-state index in [0.29, 0.717) is 11.8 Å². The molecule has 2 heteroatoms. The fourth-order valence-electron chi connectivity index (χ4n) is 2.79. The van der Waals surface area contributed by atoms with Crippen LogP contribution < -0.4 is 0 Å². The molecular weight excluding hydrogens is 272 g/mol. The summed E-state index contributed by atoms with van der Waals surface area (Å²) in [7, 11) is 0. The predicted octanol–water partition coefficient (Wildman–Crippen LogP) is 4.84. The molecule has 0 aromatic heterocycles. The van der Waals surface area contributed by atoms with E-state index in [1.54, 1.807) is 0 Å². The van der Waals surface area contributed by atoms with Crippen LogP contribution in [-0.2, 0) is 9.47 Å². The zero-order chi connectivity index (χ0) is 16.1. The Morgan fingerprint density at radius 1 is 0.727 bits per heavy atom. The topological polar surface area (TPSA) is 18.5 Å². The molecule has 2 nitrogen and oxygen atoms in total. The number of allylic oxidation sites excluding steroid dienone is 4. The minimum atomic E-state index is -0.160. The highest BCUT2D eigenvalue weighted by atomic mass is 16.5. The van der Waals surface area contributed by atoms with Gasteiger partial charge in [-0.3, -0.25) is 0 Å². The minimum absolute atomic E-state index is 0.160. The standard InChI is InChI=1S/C20H30O2/c1-17-11-5-7-13-19(17,3)21-15-9-10-16-22-20(4)14-8-6-12-18(20)2/h5-8,11-14,17-18H,9-10,15-16H2,1-4H3. The van der Waals surface area contributed by atoms with Crippen molar-refractivity contribution < 1.29 is 9.47 Å². The second kappa shape index (κ2) is 7.43. The SMILES string of the molecule is CC1C=CC=CC1(C)OCCCCOC1(C)C=CC=CC1C. The molecule has 0 heterocycles. The average Bonchev–Trinajstić information content (AvgIpc) is 2.49. The molecule has 22 heavy (non-hydrogen) atoms. The zero-order valence-electron chi connectivity index (χ0n) is 14.4. The monoisotopic (exact) mass is 302 g/mol. The van der Waals surface area contributed by atoms with Crippen molar-refractivity contribution in [2.75, 3.05) is 13.2 Å². The number of hydrogen-bond donors (Lipinski definition) is 0. The Morgan fingerprint density at radius 2 is 1.14 bits per heavy atom. The van der Waals surface area contributed by atoms with Gasteiger partial charge in [-0.05, 0) is 26.7 Å². The first kappa shape index (κ1) is 17.2. The summed E-state index contributed by atoms with van der Waals surface area (Å²) in [5, 5.41) is 0. The lowest BCUT2D eigenvalue weighted by Gasteiger charge is -2.34. The van der Waals surface area contributed by atoms with Crippen molar-refractivity contribution in [1.29, 1.82) is 0 Å². The predicted molar refractivity (Wildman–Crippen MR) is 92.8 cm³/mol. The summed E-state index contributed by atoms with van der Waals surface area (Å²) in [6.45, 7) is 10.3. The van der Waals surface area contributed by atoms with Crippen molar-refractivity contribution in [3.63, 3.8) is 0 Å². The fourth-order valence-corrected chi connectivity index (χ4v) is 2.79. The van der Waals surface area contributed by atoms with E-state index >= 15 is 0 Å². The third-order valence-electron chi connectivity index (χ3n) is 5.05. The second-order valence-corrected chi connectivity index (χ2v) is 6.84. The van der Waals surface area contributed by atoms with Gasteiger partial charge >= 0.3 is 0 Å². The fraction of sp³-hybridized carbons (Fsp3) is 0.600. The number of rotatable bonds is 7. The van der Waals surface area contributed by atoms with E-state index in [4.69, 9.17) is 9.47 Å². The summed E-state index contributed by atoms with van der Waals surface area (Å²) in [4.78, 5) is 0. The maximum Gasteiger partial charge on any atom is 0.0897 e. The maximum absolute atomic E-state index is 6.10. The lowest BCUT2D eigenvalue weighted by atomic mass is 9.86. The van der Waals surface area contributed by atoms with Crippen LogP contribution in [0.15, 0.2) is 48.6 Å². The van der Waals surface area contributed by atoms with Gasteiger partial charge in [0.1, 0.15) is 0 Å². The summed E-state index contributed by atoms with van der Waals surface area (Å²) in [6.07, 6.45) is 19.1. The van der Waals surface area contributed by atoms with Gasteiger partial charge in [-0.15, -0.1) is 0 Å². The molecule has 0 saturated carbocycles. The first-order valence-electron chi connectivity index (χ1n) is 8.46. The van der Waals surface area contributed by atoms with E-state index in [1.807, 2.05) is 0 Å². The van der Waals surface area contributed by atoms with Crippen molar-refractivity contribution in [3.8, 4) is 0 Å². The molecule has 4 unspecified atom stereocenters. The van der Waals surface area contributed by atoms with E-state index in [9.17, 15) is 0 Å². The Bertz CT molecular complexity index is 430. The first-order valence-corrected chi connectivity index (χ1v) is 8.46. The Hall–Kier alpha value is -1.12. The molecule has 0 aromatic rings. The number of unbranched alkanes of at least 4 members (excludes halogenated alkanes) is 1. The Labute approximate surface area is 135 Å². The van der Waals surface area contributed by atoms with Crippen LogP contribution in [0.1, 0.15) is 40.5 Å². The van der Waals surface area contributed by atoms with Crippen molar-refractivity contribution in [2.45, 2.75) is 51.7 Å². The smallest absolute Gasteiger partial charge is 0.0897 e. The quantitative estimate of drug-likeness (QED) is 0.626. The first-order chi connectivity index (χ1) is 10.5. The highest BCUT2D eigenvalue weighted by molar-refractivity contribution is 5.20. The van der Waals surface area contributed by atoms with Gasteiger partial charge in [-0.25, -0.2) is 0 Å². The van der Waals surface area contributed by atoms with Crippen LogP contribution in [0.25, 0.3) is 0 Å². The van der Waals surface area contributed by atoms with Crippen LogP contribution in [0.2, 0.25) is 0 Å². The van der Waals surface area contributed by atoms with Crippen LogP contribution >= 0.6 is 0 Å². The van der Waals surface area contributed by atoms with Crippen molar-refractivity contribution in [3.05, 3.63) is 48.6 Å². The van der Waals surface area contributed by atoms with Crippen molar-refractivity contribution in [2.24, 2.45) is 11.8 Å². The molecule has 0 fully saturated rings. The van der Waals surface area contributed by atoms with Gasteiger partial charge in [0.2, 0.25) is 0 Å². The van der Waals surface area contributed by atoms with Crippen molar-refractivity contribution >= 4 is 0 Å². The molecule has 0 N–H and O–H groups in total. The lowest BCUT2D eigenvalue weighted by molar-refractivity contribution is -0.0387. The third kappa shape index (κ3) is 4.21. The van der Waals surface area contributed by atoms with Crippen LogP contribution in [0.5, 0.6) is 0 Å².